The first kappa shape index (κ1) is 17.4. The number of hydrogen-bond acceptors (Lipinski definition) is 5. The quantitative estimate of drug-likeness (QED) is 0.413. The number of benzene rings is 1. The van der Waals surface area contributed by atoms with Gasteiger partial charge in [0.1, 0.15) is 5.52 Å². The number of hydrogen-bond donors (Lipinski definition) is 0. The Morgan fingerprint density at radius 1 is 1.04 bits per heavy atom. The van der Waals surface area contributed by atoms with E-state index in [1.807, 2.05) is 30.3 Å². The highest BCUT2D eigenvalue weighted by Gasteiger charge is 2.24. The highest BCUT2D eigenvalue weighted by molar-refractivity contribution is 7.22. The highest BCUT2D eigenvalue weighted by atomic mass is 35.5. The van der Waals surface area contributed by atoms with Gasteiger partial charge in [0.2, 0.25) is 0 Å². The lowest BCUT2D eigenvalue weighted by Gasteiger charge is -2.18. The van der Waals surface area contributed by atoms with Crippen LogP contribution in [0.5, 0.6) is 0 Å². The van der Waals surface area contributed by atoms with Crippen molar-refractivity contribution in [1.29, 1.82) is 0 Å². The number of aromatic nitrogens is 2. The maximum Gasteiger partial charge on any atom is 0.270 e. The fourth-order valence-electron chi connectivity index (χ4n) is 2.46. The van der Waals surface area contributed by atoms with E-state index in [1.54, 1.807) is 29.3 Å². The molecule has 130 valence electrons. The number of rotatable bonds is 4. The van der Waals surface area contributed by atoms with Crippen LogP contribution in [0.1, 0.15) is 15.4 Å². The third-order valence-corrected chi connectivity index (χ3v) is 6.23. The summed E-state index contributed by atoms with van der Waals surface area (Å²) >= 11 is 14.9. The number of nitrogens with zero attached hydrogens (tertiary/aromatic N) is 3. The lowest BCUT2D eigenvalue weighted by Crippen LogP contribution is -2.30. The van der Waals surface area contributed by atoms with Gasteiger partial charge in [-0.15, -0.1) is 11.3 Å². The zero-order chi connectivity index (χ0) is 18.1. The maximum absolute atomic E-state index is 13.1. The fraction of sp³-hybridized carbons (Fsp3) is 0.0556. The third-order valence-electron chi connectivity index (χ3n) is 3.66. The molecule has 0 unspecified atom stereocenters. The largest absolute Gasteiger partial charge is 0.277 e. The molecule has 0 spiro atoms. The number of pyridine rings is 1. The van der Waals surface area contributed by atoms with Gasteiger partial charge in [-0.1, -0.05) is 46.7 Å². The molecular formula is C18H11Cl2N3OS2. The SMILES string of the molecule is O=C(c1ccc(Cl)s1)N(Cc1ccccn1)c1nc2c(Cl)cccc2s1. The first-order valence-electron chi connectivity index (χ1n) is 7.64. The van der Waals surface area contributed by atoms with Crippen LogP contribution in [-0.4, -0.2) is 15.9 Å². The molecule has 0 aliphatic carbocycles. The van der Waals surface area contributed by atoms with Crippen LogP contribution in [0.3, 0.4) is 0 Å². The molecule has 1 amide bonds. The van der Waals surface area contributed by atoms with Gasteiger partial charge in [-0.2, -0.15) is 0 Å². The second kappa shape index (κ2) is 7.32. The van der Waals surface area contributed by atoms with Gasteiger partial charge in [-0.3, -0.25) is 14.7 Å². The Morgan fingerprint density at radius 3 is 2.62 bits per heavy atom. The van der Waals surface area contributed by atoms with Crippen molar-refractivity contribution >= 4 is 67.1 Å². The summed E-state index contributed by atoms with van der Waals surface area (Å²) in [5.74, 6) is -0.164. The second-order valence-corrected chi connectivity index (χ2v) is 8.53. The summed E-state index contributed by atoms with van der Waals surface area (Å²) in [7, 11) is 0. The lowest BCUT2D eigenvalue weighted by atomic mass is 10.3. The van der Waals surface area contributed by atoms with Crippen molar-refractivity contribution < 1.29 is 4.79 Å². The number of thiophene rings is 1. The summed E-state index contributed by atoms with van der Waals surface area (Å²) in [6.45, 7) is 0.312. The number of amides is 1. The Hall–Kier alpha value is -1.99. The van der Waals surface area contributed by atoms with Crippen LogP contribution >= 0.6 is 45.9 Å². The molecule has 0 aliphatic heterocycles. The molecule has 3 heterocycles. The molecule has 3 aromatic heterocycles. The average Bonchev–Trinajstić information content (AvgIpc) is 3.27. The van der Waals surface area contributed by atoms with E-state index in [-0.39, 0.29) is 5.91 Å². The minimum Gasteiger partial charge on any atom is -0.277 e. The van der Waals surface area contributed by atoms with Gasteiger partial charge < -0.3 is 0 Å². The number of fused-ring (bicyclic) bond motifs is 1. The van der Waals surface area contributed by atoms with Crippen LogP contribution < -0.4 is 4.90 Å². The number of thiazole rings is 1. The van der Waals surface area contributed by atoms with Gasteiger partial charge in [0.15, 0.2) is 5.13 Å². The molecule has 0 saturated heterocycles. The van der Waals surface area contributed by atoms with E-state index in [0.717, 1.165) is 10.4 Å². The van der Waals surface area contributed by atoms with Gasteiger partial charge in [0.25, 0.3) is 5.91 Å². The number of carbonyl (C=O) groups is 1. The first-order chi connectivity index (χ1) is 12.6. The molecule has 0 atom stereocenters. The molecule has 0 aliphatic rings. The van der Waals surface area contributed by atoms with Crippen LogP contribution in [-0.2, 0) is 6.54 Å². The van der Waals surface area contributed by atoms with Crippen LogP contribution in [0.4, 0.5) is 5.13 Å². The summed E-state index contributed by atoms with van der Waals surface area (Å²) in [6, 6.07) is 14.6. The van der Waals surface area contributed by atoms with Crippen LogP contribution in [0.2, 0.25) is 9.36 Å². The third kappa shape index (κ3) is 3.46. The van der Waals surface area contributed by atoms with E-state index in [2.05, 4.69) is 9.97 Å². The zero-order valence-corrected chi connectivity index (χ0v) is 16.4. The topological polar surface area (TPSA) is 46.1 Å². The molecule has 0 N–H and O–H groups in total. The number of carbonyl (C=O) groups excluding carboxylic acids is 1. The molecule has 8 heteroatoms. The summed E-state index contributed by atoms with van der Waals surface area (Å²) in [4.78, 5) is 24.2. The number of para-hydroxylation sites is 1. The van der Waals surface area contributed by atoms with Crippen LogP contribution in [0, 0.1) is 0 Å². The van der Waals surface area contributed by atoms with Crippen LogP contribution in [0.25, 0.3) is 10.2 Å². The first-order valence-corrected chi connectivity index (χ1v) is 10.0. The summed E-state index contributed by atoms with van der Waals surface area (Å²) in [5, 5.41) is 1.14. The Labute approximate surface area is 167 Å². The molecule has 4 rings (SSSR count). The maximum atomic E-state index is 13.1. The Balaban J connectivity index is 1.78. The summed E-state index contributed by atoms with van der Waals surface area (Å²) in [6.07, 6.45) is 1.70. The van der Waals surface area contributed by atoms with Crippen molar-refractivity contribution in [3.63, 3.8) is 0 Å². The Morgan fingerprint density at radius 2 is 1.92 bits per heavy atom. The molecular weight excluding hydrogens is 409 g/mol. The van der Waals surface area contributed by atoms with E-state index < -0.39 is 0 Å². The Kier molecular flexibility index (Phi) is 4.91. The standard InChI is InChI=1S/C18H11Cl2N3OS2/c19-12-5-3-6-13-16(12)22-18(26-13)23(10-11-4-1-2-9-21-11)17(24)14-7-8-15(20)25-14/h1-9H,10H2. The summed E-state index contributed by atoms with van der Waals surface area (Å²) < 4.78 is 1.49. The van der Waals surface area contributed by atoms with Crippen molar-refractivity contribution in [1.82, 2.24) is 9.97 Å². The molecule has 26 heavy (non-hydrogen) atoms. The van der Waals surface area contributed by atoms with Gasteiger partial charge in [0.05, 0.1) is 31.2 Å². The van der Waals surface area contributed by atoms with E-state index >= 15 is 0 Å². The van der Waals surface area contributed by atoms with Crippen molar-refractivity contribution in [3.05, 3.63) is 74.7 Å². The molecule has 4 nitrogen and oxygen atoms in total. The van der Waals surface area contributed by atoms with Gasteiger partial charge in [0, 0.05) is 6.20 Å². The van der Waals surface area contributed by atoms with Gasteiger partial charge >= 0.3 is 0 Å². The Bertz CT molecular complexity index is 1080. The van der Waals surface area contributed by atoms with Crippen molar-refractivity contribution in [3.8, 4) is 0 Å². The fourth-order valence-corrected chi connectivity index (χ4v) is 4.72. The molecule has 0 radical (unpaired) electrons. The van der Waals surface area contributed by atoms with Crippen molar-refractivity contribution in [2.75, 3.05) is 4.90 Å². The molecule has 0 fully saturated rings. The van der Waals surface area contributed by atoms with Crippen molar-refractivity contribution in [2.24, 2.45) is 0 Å². The predicted molar refractivity (Wildman–Crippen MR) is 109 cm³/mol. The van der Waals surface area contributed by atoms with Crippen LogP contribution in [0.15, 0.2) is 54.7 Å². The monoisotopic (exact) mass is 419 g/mol. The number of halogens is 2. The molecule has 0 bridgehead atoms. The smallest absolute Gasteiger partial charge is 0.270 e. The average molecular weight is 420 g/mol. The van der Waals surface area contributed by atoms with E-state index in [9.17, 15) is 4.79 Å². The van der Waals surface area contributed by atoms with Gasteiger partial charge in [-0.05, 0) is 36.4 Å². The van der Waals surface area contributed by atoms with E-state index in [1.165, 1.54) is 22.7 Å². The minimum absolute atomic E-state index is 0.164. The normalized spacial score (nSPS) is 11.0. The van der Waals surface area contributed by atoms with Gasteiger partial charge in [-0.25, -0.2) is 4.98 Å². The van der Waals surface area contributed by atoms with Crippen molar-refractivity contribution in [2.45, 2.75) is 6.54 Å². The minimum atomic E-state index is -0.164. The predicted octanol–water partition coefficient (Wildman–Crippen LogP) is 5.91. The van der Waals surface area contributed by atoms with E-state index in [0.29, 0.717) is 31.4 Å². The lowest BCUT2D eigenvalue weighted by molar-refractivity contribution is 0.0988. The summed E-state index contributed by atoms with van der Waals surface area (Å²) in [5.41, 5.74) is 1.46. The molecule has 0 saturated carbocycles. The molecule has 4 aromatic rings. The zero-order valence-electron chi connectivity index (χ0n) is 13.2. The molecule has 1 aromatic carbocycles. The van der Waals surface area contributed by atoms with E-state index in [4.69, 9.17) is 23.2 Å². The number of anilines is 1. The second-order valence-electron chi connectivity index (χ2n) is 5.40. The highest BCUT2D eigenvalue weighted by Crippen LogP contribution is 2.35.